The second kappa shape index (κ2) is 8.27. The summed E-state index contributed by atoms with van der Waals surface area (Å²) in [7, 11) is 0. The number of aryl methyl sites for hydroxylation is 1. The molecule has 0 atom stereocenters. The van der Waals surface area contributed by atoms with Crippen molar-refractivity contribution in [3.63, 3.8) is 0 Å². The van der Waals surface area contributed by atoms with Crippen LogP contribution >= 0.6 is 0 Å². The van der Waals surface area contributed by atoms with Crippen LogP contribution < -0.4 is 10.6 Å². The smallest absolute Gasteiger partial charge is 0.252 e. The largest absolute Gasteiger partial charge is 0.354 e. The summed E-state index contributed by atoms with van der Waals surface area (Å²) in [6.45, 7) is 4.32. The number of carbonyl (C=O) groups is 2. The third kappa shape index (κ3) is 4.34. The highest BCUT2D eigenvalue weighted by atomic mass is 19.1. The van der Waals surface area contributed by atoms with E-state index in [1.54, 1.807) is 6.92 Å². The zero-order valence-corrected chi connectivity index (χ0v) is 14.6. The Morgan fingerprint density at radius 2 is 1.92 bits per heavy atom. The SMILES string of the molecule is CCCCNC(=O)C1(NC(=O)c2ccc(F)c(C)c2)CCCCC1. The van der Waals surface area contributed by atoms with Crippen LogP contribution in [0, 0.1) is 12.7 Å². The van der Waals surface area contributed by atoms with Crippen LogP contribution in [0.1, 0.15) is 67.8 Å². The summed E-state index contributed by atoms with van der Waals surface area (Å²) in [5, 5.41) is 5.91. The molecule has 0 aromatic heterocycles. The van der Waals surface area contributed by atoms with Gasteiger partial charge in [0, 0.05) is 12.1 Å². The molecule has 1 aromatic rings. The molecule has 0 radical (unpaired) electrons. The fourth-order valence-corrected chi connectivity index (χ4v) is 3.19. The van der Waals surface area contributed by atoms with Gasteiger partial charge in [-0.05, 0) is 49.9 Å². The van der Waals surface area contributed by atoms with Crippen molar-refractivity contribution in [2.24, 2.45) is 0 Å². The molecule has 0 aliphatic heterocycles. The fourth-order valence-electron chi connectivity index (χ4n) is 3.19. The Balaban J connectivity index is 2.13. The van der Waals surface area contributed by atoms with Gasteiger partial charge in [-0.2, -0.15) is 0 Å². The highest BCUT2D eigenvalue weighted by Crippen LogP contribution is 2.29. The van der Waals surface area contributed by atoms with Crippen molar-refractivity contribution in [1.29, 1.82) is 0 Å². The molecule has 2 rings (SSSR count). The lowest BCUT2D eigenvalue weighted by atomic mass is 9.80. The van der Waals surface area contributed by atoms with E-state index in [1.165, 1.54) is 18.2 Å². The van der Waals surface area contributed by atoms with Gasteiger partial charge < -0.3 is 10.6 Å². The van der Waals surface area contributed by atoms with E-state index in [0.29, 0.717) is 30.5 Å². The number of rotatable bonds is 6. The van der Waals surface area contributed by atoms with Gasteiger partial charge in [-0.1, -0.05) is 32.6 Å². The Labute approximate surface area is 143 Å². The number of benzene rings is 1. The van der Waals surface area contributed by atoms with Crippen LogP contribution in [0.5, 0.6) is 0 Å². The molecule has 1 aromatic carbocycles. The van der Waals surface area contributed by atoms with Crippen LogP contribution in [0.4, 0.5) is 4.39 Å². The molecule has 0 heterocycles. The number of amides is 2. The summed E-state index contributed by atoms with van der Waals surface area (Å²) in [5.74, 6) is -0.746. The zero-order valence-electron chi connectivity index (χ0n) is 14.6. The summed E-state index contributed by atoms with van der Waals surface area (Å²) in [5.41, 5.74) is -0.0290. The molecule has 24 heavy (non-hydrogen) atoms. The molecule has 0 bridgehead atoms. The first-order valence-electron chi connectivity index (χ1n) is 8.85. The Kier molecular flexibility index (Phi) is 6.35. The molecule has 5 heteroatoms. The molecule has 1 fully saturated rings. The number of nitrogens with one attached hydrogen (secondary N) is 2. The number of halogens is 1. The summed E-state index contributed by atoms with van der Waals surface area (Å²) >= 11 is 0. The minimum atomic E-state index is -0.842. The number of hydrogen-bond acceptors (Lipinski definition) is 2. The van der Waals surface area contributed by atoms with Gasteiger partial charge in [-0.25, -0.2) is 4.39 Å². The molecule has 1 aliphatic carbocycles. The normalized spacial score (nSPS) is 16.5. The Bertz CT molecular complexity index is 595. The molecule has 0 spiro atoms. The van der Waals surface area contributed by atoms with E-state index in [2.05, 4.69) is 17.6 Å². The maximum absolute atomic E-state index is 13.4. The molecule has 0 saturated heterocycles. The van der Waals surface area contributed by atoms with E-state index < -0.39 is 5.54 Å². The third-order valence-corrected chi connectivity index (χ3v) is 4.73. The van der Waals surface area contributed by atoms with Crippen LogP contribution in [0.2, 0.25) is 0 Å². The van der Waals surface area contributed by atoms with Crippen LogP contribution in [-0.2, 0) is 4.79 Å². The van der Waals surface area contributed by atoms with E-state index in [-0.39, 0.29) is 17.6 Å². The summed E-state index contributed by atoms with van der Waals surface area (Å²) in [6, 6.07) is 4.28. The third-order valence-electron chi connectivity index (χ3n) is 4.73. The van der Waals surface area contributed by atoms with Gasteiger partial charge in [-0.3, -0.25) is 9.59 Å². The maximum atomic E-state index is 13.4. The highest BCUT2D eigenvalue weighted by molar-refractivity contribution is 5.99. The zero-order chi connectivity index (χ0) is 17.6. The van der Waals surface area contributed by atoms with Crippen LogP contribution in [-0.4, -0.2) is 23.9 Å². The molecular weight excluding hydrogens is 307 g/mol. The van der Waals surface area contributed by atoms with Gasteiger partial charge in [0.05, 0.1) is 0 Å². The van der Waals surface area contributed by atoms with Crippen molar-refractivity contribution >= 4 is 11.8 Å². The lowest BCUT2D eigenvalue weighted by Crippen LogP contribution is -2.59. The summed E-state index contributed by atoms with van der Waals surface area (Å²) < 4.78 is 13.4. The van der Waals surface area contributed by atoms with Crippen LogP contribution in [0.25, 0.3) is 0 Å². The van der Waals surface area contributed by atoms with E-state index in [9.17, 15) is 14.0 Å². The monoisotopic (exact) mass is 334 g/mol. The Morgan fingerprint density at radius 3 is 2.54 bits per heavy atom. The average molecular weight is 334 g/mol. The first-order valence-corrected chi connectivity index (χ1v) is 8.85. The number of unbranched alkanes of at least 4 members (excludes halogenated alkanes) is 1. The Morgan fingerprint density at radius 1 is 1.21 bits per heavy atom. The minimum Gasteiger partial charge on any atom is -0.354 e. The van der Waals surface area contributed by atoms with Crippen molar-refractivity contribution in [2.75, 3.05) is 6.54 Å². The topological polar surface area (TPSA) is 58.2 Å². The highest BCUT2D eigenvalue weighted by Gasteiger charge is 2.40. The molecule has 2 N–H and O–H groups in total. The minimum absolute atomic E-state index is 0.0946. The van der Waals surface area contributed by atoms with Gasteiger partial charge in [0.15, 0.2) is 0 Å². The average Bonchev–Trinajstić information content (AvgIpc) is 2.58. The molecule has 4 nitrogen and oxygen atoms in total. The quantitative estimate of drug-likeness (QED) is 0.783. The molecule has 132 valence electrons. The van der Waals surface area contributed by atoms with Crippen molar-refractivity contribution in [3.8, 4) is 0 Å². The van der Waals surface area contributed by atoms with Crippen LogP contribution in [0.15, 0.2) is 18.2 Å². The lowest BCUT2D eigenvalue weighted by Gasteiger charge is -2.36. The fraction of sp³-hybridized carbons (Fsp3) is 0.579. The standard InChI is InChI=1S/C19H27FN2O2/c1-3-4-12-21-18(24)19(10-6-5-7-11-19)22-17(23)15-8-9-16(20)14(2)13-15/h8-9,13H,3-7,10-12H2,1-2H3,(H,21,24)(H,22,23). The molecular formula is C19H27FN2O2. The first kappa shape index (κ1) is 18.4. The van der Waals surface area contributed by atoms with E-state index in [0.717, 1.165) is 32.1 Å². The first-order chi connectivity index (χ1) is 11.5. The van der Waals surface area contributed by atoms with E-state index in [1.807, 2.05) is 0 Å². The van der Waals surface area contributed by atoms with E-state index >= 15 is 0 Å². The molecule has 1 aliphatic rings. The molecule has 0 unspecified atom stereocenters. The number of carbonyl (C=O) groups excluding carboxylic acids is 2. The second-order valence-corrected chi connectivity index (χ2v) is 6.67. The predicted molar refractivity (Wildman–Crippen MR) is 92.3 cm³/mol. The van der Waals surface area contributed by atoms with Gasteiger partial charge in [0.1, 0.15) is 11.4 Å². The lowest BCUT2D eigenvalue weighted by molar-refractivity contribution is -0.128. The van der Waals surface area contributed by atoms with E-state index in [4.69, 9.17) is 0 Å². The summed E-state index contributed by atoms with van der Waals surface area (Å²) in [4.78, 5) is 25.3. The maximum Gasteiger partial charge on any atom is 0.252 e. The van der Waals surface area contributed by atoms with Gasteiger partial charge in [0.2, 0.25) is 5.91 Å². The van der Waals surface area contributed by atoms with Crippen molar-refractivity contribution in [3.05, 3.63) is 35.1 Å². The van der Waals surface area contributed by atoms with Crippen molar-refractivity contribution in [2.45, 2.75) is 64.3 Å². The molecule has 2 amide bonds. The van der Waals surface area contributed by atoms with Gasteiger partial charge in [0.25, 0.3) is 5.91 Å². The van der Waals surface area contributed by atoms with Crippen LogP contribution in [0.3, 0.4) is 0 Å². The van der Waals surface area contributed by atoms with Crippen molar-refractivity contribution in [1.82, 2.24) is 10.6 Å². The predicted octanol–water partition coefficient (Wildman–Crippen LogP) is 3.48. The Hall–Kier alpha value is -1.91. The number of hydrogen-bond donors (Lipinski definition) is 2. The second-order valence-electron chi connectivity index (χ2n) is 6.67. The summed E-state index contributed by atoms with van der Waals surface area (Å²) in [6.07, 6.45) is 6.15. The molecule has 1 saturated carbocycles. The van der Waals surface area contributed by atoms with Crippen molar-refractivity contribution < 1.29 is 14.0 Å². The van der Waals surface area contributed by atoms with Gasteiger partial charge in [-0.15, -0.1) is 0 Å². The van der Waals surface area contributed by atoms with Gasteiger partial charge >= 0.3 is 0 Å².